The fourth-order valence-corrected chi connectivity index (χ4v) is 3.02. The van der Waals surface area contributed by atoms with Crippen molar-refractivity contribution in [3.05, 3.63) is 48.0 Å². The van der Waals surface area contributed by atoms with Crippen LogP contribution in [0, 0.1) is 0 Å². The monoisotopic (exact) mass is 369 g/mol. The van der Waals surface area contributed by atoms with Gasteiger partial charge in [0.1, 0.15) is 11.9 Å². The van der Waals surface area contributed by atoms with Gasteiger partial charge in [-0.25, -0.2) is 9.78 Å². The number of aromatic nitrogens is 1. The Morgan fingerprint density at radius 3 is 2.67 bits per heavy atom. The number of hydrogen-bond acceptors (Lipinski definition) is 6. The number of nitrogens with two attached hydrogens (primary N) is 1. The van der Waals surface area contributed by atoms with E-state index in [1.165, 1.54) is 4.90 Å². The molecule has 27 heavy (non-hydrogen) atoms. The molecular weight excluding hydrogens is 346 g/mol. The van der Waals surface area contributed by atoms with E-state index in [9.17, 15) is 9.59 Å². The molecule has 2 aromatic rings. The Morgan fingerprint density at radius 1 is 1.26 bits per heavy atom. The molecule has 0 saturated heterocycles. The van der Waals surface area contributed by atoms with Crippen LogP contribution in [0.5, 0.6) is 5.75 Å². The number of nitrogens with zero attached hydrogens (tertiary/aromatic N) is 2. The van der Waals surface area contributed by atoms with Crippen molar-refractivity contribution < 1.29 is 19.1 Å². The van der Waals surface area contributed by atoms with Gasteiger partial charge in [-0.2, -0.15) is 0 Å². The number of amides is 1. The van der Waals surface area contributed by atoms with Crippen LogP contribution in [0.2, 0.25) is 0 Å². The number of fused-ring (bicyclic) bond motifs is 1. The Morgan fingerprint density at radius 2 is 2.00 bits per heavy atom. The van der Waals surface area contributed by atoms with E-state index in [1.54, 1.807) is 12.1 Å². The number of rotatable bonds is 6. The highest BCUT2D eigenvalue weighted by atomic mass is 16.5. The molecule has 2 atom stereocenters. The molecule has 0 bridgehead atoms. The zero-order valence-electron chi connectivity index (χ0n) is 15.4. The number of carbonyl (C=O) groups excluding carboxylic acids is 2. The molecule has 7 nitrogen and oxygen atoms in total. The van der Waals surface area contributed by atoms with Crippen molar-refractivity contribution in [3.63, 3.8) is 0 Å². The molecule has 1 aliphatic rings. The Hall–Kier alpha value is -3.09. The van der Waals surface area contributed by atoms with E-state index >= 15 is 0 Å². The van der Waals surface area contributed by atoms with Crippen molar-refractivity contribution in [2.75, 3.05) is 17.2 Å². The van der Waals surface area contributed by atoms with E-state index < -0.39 is 18.1 Å². The summed E-state index contributed by atoms with van der Waals surface area (Å²) >= 11 is 0. The van der Waals surface area contributed by atoms with Crippen molar-refractivity contribution >= 4 is 23.5 Å². The summed E-state index contributed by atoms with van der Waals surface area (Å²) in [6.07, 6.45) is 0.219. The maximum Gasteiger partial charge on any atom is 0.329 e. The third-order valence-corrected chi connectivity index (χ3v) is 4.32. The van der Waals surface area contributed by atoms with Gasteiger partial charge >= 0.3 is 5.97 Å². The van der Waals surface area contributed by atoms with Gasteiger partial charge in [-0.05, 0) is 25.0 Å². The number of esters is 1. The van der Waals surface area contributed by atoms with Gasteiger partial charge in [0.2, 0.25) is 6.10 Å². The van der Waals surface area contributed by atoms with E-state index in [-0.39, 0.29) is 17.5 Å². The number of benzene rings is 1. The first-order chi connectivity index (χ1) is 13.1. The lowest BCUT2D eigenvalue weighted by Crippen LogP contribution is -2.51. The van der Waals surface area contributed by atoms with Crippen LogP contribution in [0.4, 0.5) is 11.6 Å². The average molecular weight is 369 g/mol. The second-order valence-electron chi connectivity index (χ2n) is 6.27. The van der Waals surface area contributed by atoms with Gasteiger partial charge in [-0.15, -0.1) is 0 Å². The number of ether oxygens (including phenoxy) is 2. The predicted octanol–water partition coefficient (Wildman–Crippen LogP) is 2.86. The van der Waals surface area contributed by atoms with Crippen molar-refractivity contribution in [2.24, 2.45) is 0 Å². The third kappa shape index (κ3) is 3.72. The van der Waals surface area contributed by atoms with E-state index in [2.05, 4.69) is 4.98 Å². The van der Waals surface area contributed by atoms with Gasteiger partial charge in [0.05, 0.1) is 6.61 Å². The quantitative estimate of drug-likeness (QED) is 0.787. The molecule has 7 heteroatoms. The molecule has 2 N–H and O–H groups in total. The summed E-state index contributed by atoms with van der Waals surface area (Å²) in [6, 6.07) is 11.6. The van der Waals surface area contributed by atoms with Crippen molar-refractivity contribution in [3.8, 4) is 5.75 Å². The van der Waals surface area contributed by atoms with Crippen LogP contribution in [0.15, 0.2) is 42.5 Å². The number of carbonyl (C=O) groups is 2. The molecule has 0 radical (unpaired) electrons. The first-order valence-electron chi connectivity index (χ1n) is 9.04. The minimum Gasteiger partial charge on any atom is -0.472 e. The second-order valence-corrected chi connectivity index (χ2v) is 6.27. The normalized spacial score (nSPS) is 17.0. The fraction of sp³-hybridized carbons (Fsp3) is 0.350. The maximum absolute atomic E-state index is 13.3. The molecule has 0 fully saturated rings. The molecule has 1 aliphatic heterocycles. The summed E-state index contributed by atoms with van der Waals surface area (Å²) < 4.78 is 11.2. The third-order valence-electron chi connectivity index (χ3n) is 4.32. The van der Waals surface area contributed by atoms with Crippen LogP contribution in [0.25, 0.3) is 0 Å². The largest absolute Gasteiger partial charge is 0.472 e. The SMILES string of the molecule is CCCOC(=O)C(CC)N1C(=O)C(c2ccccc2)Oc2ccc(N)nc21. The summed E-state index contributed by atoms with van der Waals surface area (Å²) in [6.45, 7) is 4.04. The number of pyridine rings is 1. The minimum absolute atomic E-state index is 0.241. The second kappa shape index (κ2) is 8.07. The highest BCUT2D eigenvalue weighted by Crippen LogP contribution is 2.39. The van der Waals surface area contributed by atoms with Crippen LogP contribution in [-0.2, 0) is 14.3 Å². The van der Waals surface area contributed by atoms with Crippen molar-refractivity contribution in [1.82, 2.24) is 4.98 Å². The van der Waals surface area contributed by atoms with Crippen LogP contribution >= 0.6 is 0 Å². The van der Waals surface area contributed by atoms with Crippen LogP contribution < -0.4 is 15.4 Å². The first-order valence-corrected chi connectivity index (χ1v) is 9.04. The van der Waals surface area contributed by atoms with E-state index in [1.807, 2.05) is 44.2 Å². The zero-order valence-corrected chi connectivity index (χ0v) is 15.4. The minimum atomic E-state index is -0.864. The lowest BCUT2D eigenvalue weighted by molar-refractivity contribution is -0.147. The van der Waals surface area contributed by atoms with Crippen LogP contribution in [0.1, 0.15) is 38.4 Å². The maximum atomic E-state index is 13.3. The molecule has 0 spiro atoms. The van der Waals surface area contributed by atoms with Gasteiger partial charge in [0.15, 0.2) is 11.6 Å². The Balaban J connectivity index is 2.04. The summed E-state index contributed by atoms with van der Waals surface area (Å²) in [5.41, 5.74) is 6.51. The standard InChI is InChI=1S/C20H23N3O4/c1-3-12-26-20(25)14(4-2)23-18-15(10-11-16(21)22-18)27-17(19(23)24)13-8-6-5-7-9-13/h5-11,14,17H,3-4,12H2,1-2H3,(H2,21,22). The molecule has 2 heterocycles. The lowest BCUT2D eigenvalue weighted by Gasteiger charge is -2.37. The van der Waals surface area contributed by atoms with E-state index in [0.717, 1.165) is 0 Å². The van der Waals surface area contributed by atoms with Gasteiger partial charge in [0, 0.05) is 5.56 Å². The number of nitrogen functional groups attached to an aromatic ring is 1. The smallest absolute Gasteiger partial charge is 0.329 e. The molecule has 0 aliphatic carbocycles. The number of anilines is 2. The summed E-state index contributed by atoms with van der Waals surface area (Å²) in [4.78, 5) is 31.5. The molecule has 142 valence electrons. The van der Waals surface area contributed by atoms with Crippen LogP contribution in [-0.4, -0.2) is 29.5 Å². The first kappa shape index (κ1) is 18.7. The number of hydrogen-bond donors (Lipinski definition) is 1. The summed E-state index contributed by atoms with van der Waals surface area (Å²) in [5.74, 6) is 0.0562. The van der Waals surface area contributed by atoms with Gasteiger partial charge in [-0.3, -0.25) is 9.69 Å². The molecule has 1 aromatic heterocycles. The Kier molecular flexibility index (Phi) is 5.59. The molecule has 1 aromatic carbocycles. The predicted molar refractivity (Wildman–Crippen MR) is 101 cm³/mol. The van der Waals surface area contributed by atoms with Crippen molar-refractivity contribution in [2.45, 2.75) is 38.8 Å². The summed E-state index contributed by atoms with van der Waals surface area (Å²) in [5, 5.41) is 0. The topological polar surface area (TPSA) is 94.8 Å². The van der Waals surface area contributed by atoms with E-state index in [0.29, 0.717) is 30.8 Å². The van der Waals surface area contributed by atoms with E-state index in [4.69, 9.17) is 15.2 Å². The molecule has 0 saturated carbocycles. The highest BCUT2D eigenvalue weighted by Gasteiger charge is 2.42. The molecular formula is C20H23N3O4. The summed E-state index contributed by atoms with van der Waals surface area (Å²) in [7, 11) is 0. The zero-order chi connectivity index (χ0) is 19.4. The Labute approximate surface area is 158 Å². The molecule has 1 amide bonds. The van der Waals surface area contributed by atoms with Crippen LogP contribution in [0.3, 0.4) is 0 Å². The van der Waals surface area contributed by atoms with Crippen molar-refractivity contribution in [1.29, 1.82) is 0 Å². The lowest BCUT2D eigenvalue weighted by atomic mass is 10.0. The van der Waals surface area contributed by atoms with Gasteiger partial charge < -0.3 is 15.2 Å². The van der Waals surface area contributed by atoms with Gasteiger partial charge in [-0.1, -0.05) is 44.2 Å². The molecule has 3 rings (SSSR count). The fourth-order valence-electron chi connectivity index (χ4n) is 3.02. The Bertz CT molecular complexity index is 825. The average Bonchev–Trinajstić information content (AvgIpc) is 2.69. The highest BCUT2D eigenvalue weighted by molar-refractivity contribution is 6.04. The van der Waals surface area contributed by atoms with Gasteiger partial charge in [0.25, 0.3) is 5.91 Å². The molecule has 2 unspecified atom stereocenters.